The smallest absolute Gasteiger partial charge is 0.252 e. The molecule has 1 amide bonds. The molecule has 1 aromatic carbocycles. The molecule has 0 fully saturated rings. The number of hydrogen-bond donors (Lipinski definition) is 1. The van der Waals surface area contributed by atoms with Crippen LogP contribution in [0, 0.1) is 5.82 Å². The second kappa shape index (κ2) is 5.77. The van der Waals surface area contributed by atoms with Crippen LogP contribution in [0.3, 0.4) is 0 Å². The van der Waals surface area contributed by atoms with Gasteiger partial charge < -0.3 is 9.88 Å². The van der Waals surface area contributed by atoms with Crippen LogP contribution in [0.4, 0.5) is 4.39 Å². The predicted octanol–water partition coefficient (Wildman–Crippen LogP) is 2.21. The molecule has 1 N–H and O–H groups in total. The fraction of sp³-hybridized carbons (Fsp3) is 0.167. The van der Waals surface area contributed by atoms with E-state index in [9.17, 15) is 9.18 Å². The number of nitrogens with zero attached hydrogens (tertiary/aromatic N) is 2. The van der Waals surface area contributed by atoms with Gasteiger partial charge in [-0.3, -0.25) is 4.79 Å². The number of hydrogen-bond acceptors (Lipinski definition) is 2. The summed E-state index contributed by atoms with van der Waals surface area (Å²) in [6.45, 7) is 1.13. The van der Waals surface area contributed by atoms with E-state index in [4.69, 9.17) is 0 Å². The Labute approximate surface area is 112 Å². The van der Waals surface area contributed by atoms with Crippen molar-refractivity contribution in [2.75, 3.05) is 6.54 Å². The van der Waals surface area contributed by atoms with E-state index in [0.29, 0.717) is 23.1 Å². The van der Waals surface area contributed by atoms with Crippen LogP contribution in [0.1, 0.15) is 10.4 Å². The molecule has 18 heavy (non-hydrogen) atoms. The first-order chi connectivity index (χ1) is 8.66. The van der Waals surface area contributed by atoms with Gasteiger partial charge in [0.15, 0.2) is 0 Å². The van der Waals surface area contributed by atoms with E-state index < -0.39 is 0 Å². The maximum atomic E-state index is 12.9. The van der Waals surface area contributed by atoms with Crippen LogP contribution in [0.5, 0.6) is 0 Å². The molecule has 2 rings (SSSR count). The molecule has 0 radical (unpaired) electrons. The second-order valence-corrected chi connectivity index (χ2v) is 4.53. The molecule has 2 aromatic rings. The third-order valence-electron chi connectivity index (χ3n) is 2.39. The number of carbonyl (C=O) groups excluding carboxylic acids is 1. The summed E-state index contributed by atoms with van der Waals surface area (Å²) >= 11 is 3.16. The Hall–Kier alpha value is -1.69. The summed E-state index contributed by atoms with van der Waals surface area (Å²) in [5.74, 6) is -0.612. The Morgan fingerprint density at radius 1 is 1.50 bits per heavy atom. The van der Waals surface area contributed by atoms with E-state index in [2.05, 4.69) is 26.2 Å². The number of benzene rings is 1. The van der Waals surface area contributed by atoms with Gasteiger partial charge in [0.1, 0.15) is 5.82 Å². The molecule has 1 aromatic heterocycles. The highest BCUT2D eigenvalue weighted by molar-refractivity contribution is 9.10. The summed E-state index contributed by atoms with van der Waals surface area (Å²) < 4.78 is 15.2. The molecule has 0 aliphatic rings. The summed E-state index contributed by atoms with van der Waals surface area (Å²) in [5, 5.41) is 2.76. The van der Waals surface area contributed by atoms with Crippen LogP contribution < -0.4 is 5.32 Å². The van der Waals surface area contributed by atoms with Crippen LogP contribution in [-0.2, 0) is 6.54 Å². The fourth-order valence-corrected chi connectivity index (χ4v) is 2.02. The first-order valence-corrected chi connectivity index (χ1v) is 6.15. The summed E-state index contributed by atoms with van der Waals surface area (Å²) in [6.07, 6.45) is 5.18. The van der Waals surface area contributed by atoms with E-state index in [1.807, 2.05) is 10.8 Å². The molecule has 0 saturated carbocycles. The highest BCUT2D eigenvalue weighted by atomic mass is 79.9. The lowest BCUT2D eigenvalue weighted by Crippen LogP contribution is -2.27. The van der Waals surface area contributed by atoms with Gasteiger partial charge in [0.2, 0.25) is 0 Å². The van der Waals surface area contributed by atoms with Crippen molar-refractivity contribution in [1.82, 2.24) is 14.9 Å². The van der Waals surface area contributed by atoms with Crippen molar-refractivity contribution in [2.45, 2.75) is 6.54 Å². The maximum absolute atomic E-state index is 12.9. The zero-order chi connectivity index (χ0) is 13.0. The van der Waals surface area contributed by atoms with Crippen LogP contribution in [0.25, 0.3) is 0 Å². The van der Waals surface area contributed by atoms with E-state index >= 15 is 0 Å². The van der Waals surface area contributed by atoms with Crippen molar-refractivity contribution in [2.24, 2.45) is 0 Å². The zero-order valence-electron chi connectivity index (χ0n) is 9.44. The lowest BCUT2D eigenvalue weighted by molar-refractivity contribution is 0.0951. The summed E-state index contributed by atoms with van der Waals surface area (Å²) in [6, 6.07) is 3.98. The minimum atomic E-state index is -0.378. The summed E-state index contributed by atoms with van der Waals surface area (Å²) in [5.41, 5.74) is 0.419. The van der Waals surface area contributed by atoms with Crippen molar-refractivity contribution in [1.29, 1.82) is 0 Å². The minimum Gasteiger partial charge on any atom is -0.350 e. The molecule has 4 nitrogen and oxygen atoms in total. The zero-order valence-corrected chi connectivity index (χ0v) is 11.0. The van der Waals surface area contributed by atoms with Crippen LogP contribution in [0.2, 0.25) is 0 Å². The number of amides is 1. The minimum absolute atomic E-state index is 0.234. The average Bonchev–Trinajstić information content (AvgIpc) is 2.81. The van der Waals surface area contributed by atoms with E-state index in [1.165, 1.54) is 18.2 Å². The Bertz CT molecular complexity index is 542. The van der Waals surface area contributed by atoms with E-state index in [0.717, 1.165) is 0 Å². The van der Waals surface area contributed by atoms with Crippen LogP contribution in [-0.4, -0.2) is 22.0 Å². The monoisotopic (exact) mass is 311 g/mol. The SMILES string of the molecule is O=C(NCCn1ccnc1)c1ccc(F)cc1Br. The van der Waals surface area contributed by atoms with E-state index in [1.54, 1.807) is 12.5 Å². The lowest BCUT2D eigenvalue weighted by atomic mass is 10.2. The topological polar surface area (TPSA) is 46.9 Å². The second-order valence-electron chi connectivity index (χ2n) is 3.68. The Morgan fingerprint density at radius 3 is 3.00 bits per heavy atom. The lowest BCUT2D eigenvalue weighted by Gasteiger charge is -2.07. The summed E-state index contributed by atoms with van der Waals surface area (Å²) in [4.78, 5) is 15.7. The first kappa shape index (κ1) is 12.8. The molecular formula is C12H11BrFN3O. The van der Waals surface area contributed by atoms with Crippen molar-refractivity contribution in [3.05, 3.63) is 52.8 Å². The maximum Gasteiger partial charge on any atom is 0.252 e. The van der Waals surface area contributed by atoms with Gasteiger partial charge in [-0.15, -0.1) is 0 Å². The number of carbonyl (C=O) groups is 1. The molecule has 0 bridgehead atoms. The van der Waals surface area contributed by atoms with E-state index in [-0.39, 0.29) is 11.7 Å². The molecular weight excluding hydrogens is 301 g/mol. The molecule has 0 unspecified atom stereocenters. The van der Waals surface area contributed by atoms with Gasteiger partial charge in [0, 0.05) is 30.0 Å². The highest BCUT2D eigenvalue weighted by Gasteiger charge is 2.09. The molecule has 0 atom stereocenters. The average molecular weight is 312 g/mol. The Balaban J connectivity index is 1.91. The van der Waals surface area contributed by atoms with Crippen molar-refractivity contribution in [3.8, 4) is 0 Å². The van der Waals surface area contributed by atoms with Crippen molar-refractivity contribution >= 4 is 21.8 Å². The van der Waals surface area contributed by atoms with Crippen LogP contribution >= 0.6 is 15.9 Å². The molecule has 94 valence electrons. The standard InChI is InChI=1S/C12H11BrFN3O/c13-11-7-9(14)1-2-10(11)12(18)16-4-6-17-5-3-15-8-17/h1-3,5,7-8H,4,6H2,(H,16,18). The van der Waals surface area contributed by atoms with Gasteiger partial charge in [0.25, 0.3) is 5.91 Å². The van der Waals surface area contributed by atoms with Crippen molar-refractivity contribution in [3.63, 3.8) is 0 Å². The molecule has 6 heteroatoms. The van der Waals surface area contributed by atoms with Gasteiger partial charge in [0.05, 0.1) is 11.9 Å². The molecule has 0 spiro atoms. The quantitative estimate of drug-likeness (QED) is 0.941. The van der Waals surface area contributed by atoms with Crippen molar-refractivity contribution < 1.29 is 9.18 Å². The normalized spacial score (nSPS) is 10.3. The van der Waals surface area contributed by atoms with Gasteiger partial charge in [-0.2, -0.15) is 0 Å². The van der Waals surface area contributed by atoms with Gasteiger partial charge in [-0.25, -0.2) is 9.37 Å². The third kappa shape index (κ3) is 3.16. The number of nitrogens with one attached hydrogen (secondary N) is 1. The predicted molar refractivity (Wildman–Crippen MR) is 68.7 cm³/mol. The molecule has 0 aliphatic carbocycles. The first-order valence-electron chi connectivity index (χ1n) is 5.36. The largest absolute Gasteiger partial charge is 0.350 e. The van der Waals surface area contributed by atoms with Gasteiger partial charge in [-0.05, 0) is 34.1 Å². The number of rotatable bonds is 4. The summed E-state index contributed by atoms with van der Waals surface area (Å²) in [7, 11) is 0. The van der Waals surface area contributed by atoms with Gasteiger partial charge >= 0.3 is 0 Å². The molecule has 0 aliphatic heterocycles. The number of aromatic nitrogens is 2. The Morgan fingerprint density at radius 2 is 2.33 bits per heavy atom. The molecule has 0 saturated heterocycles. The number of halogens is 2. The van der Waals surface area contributed by atoms with Gasteiger partial charge in [-0.1, -0.05) is 0 Å². The Kier molecular flexibility index (Phi) is 4.09. The fourth-order valence-electron chi connectivity index (χ4n) is 1.49. The molecule has 1 heterocycles. The number of imidazole rings is 1. The van der Waals surface area contributed by atoms with Crippen LogP contribution in [0.15, 0.2) is 41.4 Å². The highest BCUT2D eigenvalue weighted by Crippen LogP contribution is 2.17. The third-order valence-corrected chi connectivity index (χ3v) is 3.05.